The summed E-state index contributed by atoms with van der Waals surface area (Å²) in [6, 6.07) is 13.6. The van der Waals surface area contributed by atoms with Gasteiger partial charge in [-0.2, -0.15) is 0 Å². The summed E-state index contributed by atoms with van der Waals surface area (Å²) in [6.07, 6.45) is 2.23. The van der Waals surface area contributed by atoms with Gasteiger partial charge in [0, 0.05) is 8.95 Å². The Morgan fingerprint density at radius 2 is 1.04 bits per heavy atom. The molecule has 0 nitrogen and oxygen atoms in total. The van der Waals surface area contributed by atoms with E-state index < -0.39 is 0 Å². The van der Waals surface area contributed by atoms with Crippen molar-refractivity contribution in [2.45, 2.75) is 40.5 Å². The van der Waals surface area contributed by atoms with Gasteiger partial charge >= 0.3 is 0 Å². The molecule has 4 rings (SSSR count). The summed E-state index contributed by atoms with van der Waals surface area (Å²) in [7, 11) is 0. The predicted molar refractivity (Wildman–Crippen MR) is 110 cm³/mol. The molecule has 124 valence electrons. The van der Waals surface area contributed by atoms with E-state index in [1.807, 2.05) is 0 Å². The fourth-order valence-corrected chi connectivity index (χ4v) is 5.53. The maximum atomic E-state index is 3.64. The molecular weight excluding hydrogens is 424 g/mol. The molecule has 0 radical (unpaired) electrons. The highest BCUT2D eigenvalue weighted by Gasteiger charge is 2.43. The molecule has 0 amide bonds. The van der Waals surface area contributed by atoms with Crippen molar-refractivity contribution in [2.24, 2.45) is 10.8 Å². The van der Waals surface area contributed by atoms with E-state index in [9.17, 15) is 0 Å². The van der Waals surface area contributed by atoms with E-state index in [-0.39, 0.29) is 10.8 Å². The number of fused-ring (bicyclic) bond motifs is 2. The monoisotopic (exact) mass is 444 g/mol. The third kappa shape index (κ3) is 2.45. The molecule has 24 heavy (non-hydrogen) atoms. The Morgan fingerprint density at radius 1 is 0.667 bits per heavy atom. The highest BCUT2D eigenvalue weighted by Crippen LogP contribution is 2.57. The van der Waals surface area contributed by atoms with E-state index in [1.54, 1.807) is 11.1 Å². The third-order valence-electron chi connectivity index (χ3n) is 5.54. The summed E-state index contributed by atoms with van der Waals surface area (Å²) in [5.74, 6) is 0. The Labute approximate surface area is 161 Å². The van der Waals surface area contributed by atoms with Gasteiger partial charge in [0.15, 0.2) is 0 Å². The van der Waals surface area contributed by atoms with Crippen molar-refractivity contribution >= 4 is 43.0 Å². The van der Waals surface area contributed by atoms with Gasteiger partial charge in [0.25, 0.3) is 0 Å². The zero-order chi connectivity index (χ0) is 17.3. The largest absolute Gasteiger partial charge is 0.0555 e. The first kappa shape index (κ1) is 16.6. The minimum Gasteiger partial charge on any atom is -0.0555 e. The van der Waals surface area contributed by atoms with Crippen LogP contribution in [0.3, 0.4) is 0 Å². The Balaban J connectivity index is 2.06. The maximum Gasteiger partial charge on any atom is 0.0178 e. The summed E-state index contributed by atoms with van der Waals surface area (Å²) in [6.45, 7) is 9.60. The van der Waals surface area contributed by atoms with Crippen LogP contribution in [0.5, 0.6) is 0 Å². The molecule has 0 saturated heterocycles. The van der Waals surface area contributed by atoms with Crippen molar-refractivity contribution in [1.82, 2.24) is 0 Å². The minimum atomic E-state index is 0.171. The topological polar surface area (TPSA) is 0 Å². The number of rotatable bonds is 0. The quantitative estimate of drug-likeness (QED) is 0.399. The van der Waals surface area contributed by atoms with Crippen molar-refractivity contribution in [3.8, 4) is 0 Å². The second-order valence-corrected chi connectivity index (χ2v) is 10.3. The van der Waals surface area contributed by atoms with Crippen LogP contribution in [0, 0.1) is 10.8 Å². The molecule has 0 fully saturated rings. The van der Waals surface area contributed by atoms with Crippen molar-refractivity contribution in [3.63, 3.8) is 0 Å². The van der Waals surface area contributed by atoms with Crippen molar-refractivity contribution < 1.29 is 0 Å². The summed E-state index contributed by atoms with van der Waals surface area (Å²) in [5, 5.41) is 0. The molecule has 0 saturated carbocycles. The van der Waals surface area contributed by atoms with Gasteiger partial charge in [-0.1, -0.05) is 71.7 Å². The van der Waals surface area contributed by atoms with Gasteiger partial charge in [0.2, 0.25) is 0 Å². The van der Waals surface area contributed by atoms with Crippen molar-refractivity contribution in [3.05, 3.63) is 67.6 Å². The second-order valence-electron chi connectivity index (χ2n) is 8.47. The van der Waals surface area contributed by atoms with Crippen LogP contribution in [-0.2, 0) is 12.8 Å². The van der Waals surface area contributed by atoms with Crippen LogP contribution < -0.4 is 0 Å². The average molecular weight is 446 g/mol. The fraction of sp³-hybridized carbons (Fsp3) is 0.364. The van der Waals surface area contributed by atoms with Crippen LogP contribution in [0.15, 0.2) is 45.3 Å². The summed E-state index contributed by atoms with van der Waals surface area (Å²) < 4.78 is 2.36. The zero-order valence-corrected chi connectivity index (χ0v) is 17.8. The smallest absolute Gasteiger partial charge is 0.0178 e. The van der Waals surface area contributed by atoms with Gasteiger partial charge in [-0.15, -0.1) is 0 Å². The first-order valence-electron chi connectivity index (χ1n) is 8.52. The molecule has 2 aliphatic carbocycles. The van der Waals surface area contributed by atoms with E-state index in [0.717, 1.165) is 12.8 Å². The summed E-state index contributed by atoms with van der Waals surface area (Å²) in [4.78, 5) is 0. The number of hydrogen-bond donors (Lipinski definition) is 0. The lowest BCUT2D eigenvalue weighted by Gasteiger charge is -2.30. The lowest BCUT2D eigenvalue weighted by Crippen LogP contribution is -2.17. The average Bonchev–Trinajstić information content (AvgIpc) is 2.85. The second kappa shape index (κ2) is 5.32. The van der Waals surface area contributed by atoms with Crippen molar-refractivity contribution in [2.75, 3.05) is 0 Å². The number of hydrogen-bond acceptors (Lipinski definition) is 0. The number of allylic oxidation sites excluding steroid dienone is 2. The van der Waals surface area contributed by atoms with Gasteiger partial charge in [-0.3, -0.25) is 0 Å². The van der Waals surface area contributed by atoms with Crippen molar-refractivity contribution in [1.29, 1.82) is 0 Å². The standard InChI is InChI=1S/C22H22Br2/c1-21(2)11-13-9-15(23)5-7-17(13)19(21)20-18-8-6-16(24)10-14(18)12-22(20,3)4/h5-10H,11-12H2,1-4H3/b20-19-. The Hall–Kier alpha value is -0.860. The summed E-state index contributed by atoms with van der Waals surface area (Å²) in [5.41, 5.74) is 9.28. The molecule has 2 aliphatic rings. The van der Waals surface area contributed by atoms with E-state index in [1.165, 1.54) is 31.2 Å². The van der Waals surface area contributed by atoms with Crippen LogP contribution in [0.25, 0.3) is 11.1 Å². The van der Waals surface area contributed by atoms with Gasteiger partial charge < -0.3 is 0 Å². The first-order chi connectivity index (χ1) is 11.2. The number of halogens is 2. The SMILES string of the molecule is CC1(C)Cc2cc(Br)ccc2/C1=C1\c2ccc(Br)cc2CC1(C)C. The van der Waals surface area contributed by atoms with E-state index in [4.69, 9.17) is 0 Å². The van der Waals surface area contributed by atoms with E-state index in [0.29, 0.717) is 0 Å². The highest BCUT2D eigenvalue weighted by molar-refractivity contribution is 9.10. The lowest BCUT2D eigenvalue weighted by atomic mass is 9.74. The van der Waals surface area contributed by atoms with Crippen LogP contribution in [-0.4, -0.2) is 0 Å². The van der Waals surface area contributed by atoms with Gasteiger partial charge in [-0.05, 0) is 81.3 Å². The Bertz CT molecular complexity index is 811. The molecule has 2 heteroatoms. The Morgan fingerprint density at radius 3 is 1.42 bits per heavy atom. The van der Waals surface area contributed by atoms with Crippen LogP contribution in [0.4, 0.5) is 0 Å². The molecule has 0 spiro atoms. The molecule has 0 aliphatic heterocycles. The first-order valence-corrected chi connectivity index (χ1v) is 10.1. The van der Waals surface area contributed by atoms with Gasteiger partial charge in [0.1, 0.15) is 0 Å². The highest BCUT2D eigenvalue weighted by atomic mass is 79.9. The maximum absolute atomic E-state index is 3.64. The lowest BCUT2D eigenvalue weighted by molar-refractivity contribution is 0.495. The van der Waals surface area contributed by atoms with E-state index in [2.05, 4.69) is 96.0 Å². The van der Waals surface area contributed by atoms with E-state index >= 15 is 0 Å². The molecule has 0 aromatic heterocycles. The molecule has 2 aromatic rings. The van der Waals surface area contributed by atoms with Gasteiger partial charge in [-0.25, -0.2) is 0 Å². The predicted octanol–water partition coefficient (Wildman–Crippen LogP) is 7.29. The third-order valence-corrected chi connectivity index (χ3v) is 6.53. The molecular formula is C22H22Br2. The molecule has 0 bridgehead atoms. The number of benzene rings is 2. The van der Waals surface area contributed by atoms with Gasteiger partial charge in [0.05, 0.1) is 0 Å². The van der Waals surface area contributed by atoms with Crippen LogP contribution >= 0.6 is 31.9 Å². The Kier molecular flexibility index (Phi) is 3.68. The van der Waals surface area contributed by atoms with Crippen LogP contribution in [0.2, 0.25) is 0 Å². The zero-order valence-electron chi connectivity index (χ0n) is 14.6. The van der Waals surface area contributed by atoms with Crippen LogP contribution in [0.1, 0.15) is 49.9 Å². The molecule has 0 N–H and O–H groups in total. The normalized spacial score (nSPS) is 23.2. The fourth-order valence-electron chi connectivity index (χ4n) is 4.71. The minimum absolute atomic E-state index is 0.171. The molecule has 2 aromatic carbocycles. The molecule has 0 atom stereocenters. The summed E-state index contributed by atoms with van der Waals surface area (Å²) >= 11 is 7.28. The molecule has 0 unspecified atom stereocenters. The molecule has 0 heterocycles.